The van der Waals surface area contributed by atoms with E-state index in [1.165, 1.54) is 0 Å². The van der Waals surface area contributed by atoms with E-state index in [0.29, 0.717) is 11.3 Å². The van der Waals surface area contributed by atoms with Gasteiger partial charge in [-0.3, -0.25) is 4.79 Å². The molecule has 0 fully saturated rings. The number of hydrogen-bond acceptors (Lipinski definition) is 3. The Morgan fingerprint density at radius 3 is 2.45 bits per heavy atom. The number of rotatable bonds is 4. The summed E-state index contributed by atoms with van der Waals surface area (Å²) in [4.78, 5) is 11.9. The number of benzene rings is 2. The molecule has 2 aromatic rings. The molecule has 0 heterocycles. The van der Waals surface area contributed by atoms with Gasteiger partial charge in [0.2, 0.25) is 5.91 Å². The fourth-order valence-electron chi connectivity index (χ4n) is 1.83. The minimum Gasteiger partial charge on any atom is -0.376 e. The Balaban J connectivity index is 1.97. The van der Waals surface area contributed by atoms with Gasteiger partial charge in [0.05, 0.1) is 17.8 Å². The Bertz CT molecular complexity index is 659. The summed E-state index contributed by atoms with van der Waals surface area (Å²) in [5, 5.41) is 14.8. The maximum atomic E-state index is 11.9. The molecule has 20 heavy (non-hydrogen) atoms. The van der Waals surface area contributed by atoms with E-state index in [4.69, 9.17) is 5.26 Å². The zero-order valence-corrected chi connectivity index (χ0v) is 11.2. The van der Waals surface area contributed by atoms with Gasteiger partial charge in [0.25, 0.3) is 0 Å². The fourth-order valence-corrected chi connectivity index (χ4v) is 1.83. The van der Waals surface area contributed by atoms with E-state index in [1.807, 2.05) is 37.3 Å². The molecule has 4 heteroatoms. The van der Waals surface area contributed by atoms with Crippen LogP contribution in [0.1, 0.15) is 11.1 Å². The van der Waals surface area contributed by atoms with Gasteiger partial charge < -0.3 is 10.6 Å². The second-order valence-electron chi connectivity index (χ2n) is 4.37. The second-order valence-corrected chi connectivity index (χ2v) is 4.37. The minimum absolute atomic E-state index is 0.157. The number of aryl methyl sites for hydroxylation is 1. The van der Waals surface area contributed by atoms with E-state index in [1.54, 1.807) is 24.3 Å². The third kappa shape index (κ3) is 3.36. The van der Waals surface area contributed by atoms with Gasteiger partial charge in [-0.25, -0.2) is 0 Å². The monoisotopic (exact) mass is 265 g/mol. The topological polar surface area (TPSA) is 64.9 Å². The third-order valence-corrected chi connectivity index (χ3v) is 2.91. The average molecular weight is 265 g/mol. The number of hydrogen-bond donors (Lipinski definition) is 2. The largest absolute Gasteiger partial charge is 0.376 e. The number of nitrogens with zero attached hydrogens (tertiary/aromatic N) is 1. The Hall–Kier alpha value is -2.80. The predicted octanol–water partition coefficient (Wildman–Crippen LogP) is 2.92. The Morgan fingerprint density at radius 1 is 1.10 bits per heavy atom. The van der Waals surface area contributed by atoms with Crippen LogP contribution < -0.4 is 10.6 Å². The number of nitrogens with one attached hydrogen (secondary N) is 2. The predicted molar refractivity (Wildman–Crippen MR) is 79.5 cm³/mol. The first-order valence-corrected chi connectivity index (χ1v) is 6.29. The van der Waals surface area contributed by atoms with Crippen molar-refractivity contribution in [3.63, 3.8) is 0 Å². The lowest BCUT2D eigenvalue weighted by atomic mass is 10.2. The minimum atomic E-state index is -0.184. The summed E-state index contributed by atoms with van der Waals surface area (Å²) in [7, 11) is 0. The second kappa shape index (κ2) is 6.39. The van der Waals surface area contributed by atoms with Crippen LogP contribution in [0.5, 0.6) is 0 Å². The van der Waals surface area contributed by atoms with Gasteiger partial charge in [-0.15, -0.1) is 0 Å². The van der Waals surface area contributed by atoms with Crippen LogP contribution in [0.25, 0.3) is 0 Å². The number of amides is 1. The zero-order valence-electron chi connectivity index (χ0n) is 11.2. The molecule has 0 spiro atoms. The van der Waals surface area contributed by atoms with Crippen molar-refractivity contribution in [1.82, 2.24) is 0 Å². The number of nitriles is 1. The molecular weight excluding hydrogens is 250 g/mol. The van der Waals surface area contributed by atoms with Gasteiger partial charge >= 0.3 is 0 Å². The van der Waals surface area contributed by atoms with Gasteiger partial charge in [0, 0.05) is 5.69 Å². The maximum Gasteiger partial charge on any atom is 0.243 e. The summed E-state index contributed by atoms with van der Waals surface area (Å²) in [6.45, 7) is 2.13. The highest BCUT2D eigenvalue weighted by Crippen LogP contribution is 2.14. The summed E-state index contributed by atoms with van der Waals surface area (Å²) in [5.74, 6) is -0.184. The molecule has 4 nitrogen and oxygen atoms in total. The third-order valence-electron chi connectivity index (χ3n) is 2.91. The van der Waals surface area contributed by atoms with Crippen molar-refractivity contribution in [1.29, 1.82) is 5.26 Å². The van der Waals surface area contributed by atoms with E-state index in [0.717, 1.165) is 11.3 Å². The molecule has 2 rings (SSSR count). The number of carbonyl (C=O) groups excluding carboxylic acids is 1. The first kappa shape index (κ1) is 13.6. The van der Waals surface area contributed by atoms with Crippen molar-refractivity contribution in [2.24, 2.45) is 0 Å². The summed E-state index contributed by atoms with van der Waals surface area (Å²) >= 11 is 0. The smallest absolute Gasteiger partial charge is 0.243 e. The number of para-hydroxylation sites is 2. The molecule has 100 valence electrons. The fraction of sp³-hybridized carbons (Fsp3) is 0.125. The van der Waals surface area contributed by atoms with Gasteiger partial charge in [0.15, 0.2) is 0 Å². The van der Waals surface area contributed by atoms with E-state index in [9.17, 15) is 4.79 Å². The van der Waals surface area contributed by atoms with Crippen molar-refractivity contribution in [2.45, 2.75) is 6.92 Å². The van der Waals surface area contributed by atoms with E-state index < -0.39 is 0 Å². The Kier molecular flexibility index (Phi) is 4.35. The Labute approximate surface area is 118 Å². The van der Waals surface area contributed by atoms with E-state index in [-0.39, 0.29) is 12.5 Å². The molecule has 2 N–H and O–H groups in total. The average Bonchev–Trinajstić information content (AvgIpc) is 2.47. The molecule has 0 unspecified atom stereocenters. The normalized spacial score (nSPS) is 9.60. The summed E-state index contributed by atoms with van der Waals surface area (Å²) in [6, 6.07) is 16.7. The van der Waals surface area contributed by atoms with Crippen LogP contribution in [0.15, 0.2) is 48.5 Å². The van der Waals surface area contributed by atoms with Crippen LogP contribution in [0, 0.1) is 18.3 Å². The van der Waals surface area contributed by atoms with Crippen molar-refractivity contribution < 1.29 is 4.79 Å². The van der Waals surface area contributed by atoms with Gasteiger partial charge in [-0.1, -0.05) is 30.3 Å². The Morgan fingerprint density at radius 2 is 1.75 bits per heavy atom. The van der Waals surface area contributed by atoms with Crippen LogP contribution in [0.3, 0.4) is 0 Å². The van der Waals surface area contributed by atoms with Crippen LogP contribution in [-0.4, -0.2) is 12.5 Å². The number of carbonyl (C=O) groups is 1. The van der Waals surface area contributed by atoms with Crippen LogP contribution in [0.2, 0.25) is 0 Å². The molecule has 0 saturated heterocycles. The highest BCUT2D eigenvalue weighted by atomic mass is 16.1. The van der Waals surface area contributed by atoms with Gasteiger partial charge in [-0.2, -0.15) is 5.26 Å². The van der Waals surface area contributed by atoms with E-state index in [2.05, 4.69) is 10.6 Å². The van der Waals surface area contributed by atoms with Crippen LogP contribution in [0.4, 0.5) is 11.4 Å². The molecular formula is C16H15N3O. The van der Waals surface area contributed by atoms with Gasteiger partial charge in [-0.05, 0) is 30.7 Å². The molecule has 0 atom stereocenters. The quantitative estimate of drug-likeness (QED) is 0.893. The lowest BCUT2D eigenvalue weighted by molar-refractivity contribution is -0.114. The van der Waals surface area contributed by atoms with Crippen molar-refractivity contribution >= 4 is 17.3 Å². The van der Waals surface area contributed by atoms with Crippen LogP contribution >= 0.6 is 0 Å². The number of anilines is 2. The van der Waals surface area contributed by atoms with Crippen molar-refractivity contribution in [3.05, 3.63) is 59.7 Å². The van der Waals surface area contributed by atoms with Crippen molar-refractivity contribution in [2.75, 3.05) is 17.2 Å². The maximum absolute atomic E-state index is 11.9. The summed E-state index contributed by atoms with van der Waals surface area (Å²) in [5.41, 5.74) is 3.00. The summed E-state index contributed by atoms with van der Waals surface area (Å²) in [6.07, 6.45) is 0. The molecule has 2 aromatic carbocycles. The van der Waals surface area contributed by atoms with E-state index >= 15 is 0 Å². The van der Waals surface area contributed by atoms with Crippen molar-refractivity contribution in [3.8, 4) is 6.07 Å². The van der Waals surface area contributed by atoms with Crippen LogP contribution in [-0.2, 0) is 4.79 Å². The molecule has 0 bridgehead atoms. The molecule has 0 aliphatic carbocycles. The lowest BCUT2D eigenvalue weighted by Crippen LogP contribution is -2.22. The zero-order chi connectivity index (χ0) is 14.4. The SMILES string of the molecule is Cc1ccccc1NCC(=O)Nc1ccccc1C#N. The molecule has 1 amide bonds. The lowest BCUT2D eigenvalue weighted by Gasteiger charge is -2.10. The highest BCUT2D eigenvalue weighted by Gasteiger charge is 2.06. The molecule has 0 aromatic heterocycles. The summed E-state index contributed by atoms with van der Waals surface area (Å²) < 4.78 is 0. The molecule has 0 saturated carbocycles. The molecule has 0 radical (unpaired) electrons. The molecule has 0 aliphatic heterocycles. The molecule has 0 aliphatic rings. The highest BCUT2D eigenvalue weighted by molar-refractivity contribution is 5.94. The first-order valence-electron chi connectivity index (χ1n) is 6.29. The standard InChI is InChI=1S/C16H15N3O/c1-12-6-2-4-8-14(12)18-11-16(20)19-15-9-5-3-7-13(15)10-17/h2-9,18H,11H2,1H3,(H,19,20). The first-order chi connectivity index (χ1) is 9.70. The van der Waals surface area contributed by atoms with Gasteiger partial charge in [0.1, 0.15) is 6.07 Å².